The Morgan fingerprint density at radius 2 is 0.457 bits per heavy atom. The van der Waals surface area contributed by atoms with Crippen LogP contribution in [0.1, 0.15) is 11.1 Å². The van der Waals surface area contributed by atoms with E-state index in [2.05, 4.69) is 60.7 Å². The molecule has 0 N–H and O–H groups in total. The normalized spacial score (nSPS) is 11.5. The Bertz CT molecular complexity index is 2280. The number of benzene rings is 7. The van der Waals surface area contributed by atoms with Crippen molar-refractivity contribution in [3.63, 3.8) is 0 Å². The fourth-order valence-electron chi connectivity index (χ4n) is 8.77. The lowest BCUT2D eigenvalue weighted by Crippen LogP contribution is -2.36. The number of para-hydroxylation sites is 6. The van der Waals surface area contributed by atoms with E-state index in [1.165, 1.54) is 0 Å². The smallest absolute Gasteiger partial charge is 0.188 e. The first-order chi connectivity index (χ1) is 34.5. The third-order valence-corrected chi connectivity index (χ3v) is 20.3. The Morgan fingerprint density at radius 1 is 0.257 bits per heavy atom. The summed E-state index contributed by atoms with van der Waals surface area (Å²) in [6.45, 7) is 0.266. The summed E-state index contributed by atoms with van der Waals surface area (Å²) in [6.07, 6.45) is 1.05. The van der Waals surface area contributed by atoms with Crippen LogP contribution in [0.15, 0.2) is 170 Å². The molecule has 0 bridgehead atoms. The van der Waals surface area contributed by atoms with E-state index in [-0.39, 0.29) is 40.8 Å². The van der Waals surface area contributed by atoms with Crippen molar-refractivity contribution in [2.24, 2.45) is 0 Å². The molecule has 0 amide bonds. The summed E-state index contributed by atoms with van der Waals surface area (Å²) in [4.78, 5) is 0. The third-order valence-electron chi connectivity index (χ3n) is 11.5. The number of rotatable bonds is 28. The van der Waals surface area contributed by atoms with Crippen LogP contribution in [0.3, 0.4) is 0 Å². The third kappa shape index (κ3) is 11.8. The van der Waals surface area contributed by atoms with Gasteiger partial charge < -0.3 is 56.8 Å². The van der Waals surface area contributed by atoms with E-state index in [0.29, 0.717) is 46.8 Å². The molecule has 0 radical (unpaired) electrons. The maximum atomic E-state index is 6.49. The largest absolute Gasteiger partial charge is 0.463 e. The molecule has 0 saturated carbocycles. The van der Waals surface area contributed by atoms with Gasteiger partial charge >= 0.3 is 0 Å². The highest BCUT2D eigenvalue weighted by Gasteiger charge is 2.54. The highest BCUT2D eigenvalue weighted by atomic mass is 31.2. The van der Waals surface area contributed by atoms with E-state index in [1.807, 2.05) is 109 Å². The predicted octanol–water partition coefficient (Wildman–Crippen LogP) is 8.57. The Kier molecular flexibility index (Phi) is 19.4. The second-order valence-electron chi connectivity index (χ2n) is 15.9. The van der Waals surface area contributed by atoms with Gasteiger partial charge in [-0.1, -0.05) is 91.0 Å². The molecule has 0 spiro atoms. The Balaban J connectivity index is 1.54. The SMILES string of the molecule is COCOc1ccccc1[P+](Cc1cccc(C[P+](c2ccccc2OCOC)(c2ccccc2OCOC)c2ccccc2OCOC)c1)(c1ccccc1OCOC)c1ccccc1OCOC. The molecule has 0 saturated heterocycles. The van der Waals surface area contributed by atoms with Crippen molar-refractivity contribution in [1.82, 2.24) is 0 Å². The Hall–Kier alpha value is -6.04. The number of ether oxygens (including phenoxy) is 12. The van der Waals surface area contributed by atoms with E-state index >= 15 is 0 Å². The minimum absolute atomic E-state index is 0.0443. The highest BCUT2D eigenvalue weighted by molar-refractivity contribution is 7.96. The molecule has 366 valence electrons. The van der Waals surface area contributed by atoms with E-state index in [1.54, 1.807) is 42.7 Å². The quantitative estimate of drug-likeness (QED) is 0.0347. The zero-order valence-corrected chi connectivity index (χ0v) is 42.4. The van der Waals surface area contributed by atoms with Gasteiger partial charge in [-0.2, -0.15) is 0 Å². The van der Waals surface area contributed by atoms with Crippen molar-refractivity contribution >= 4 is 46.4 Å². The minimum Gasteiger partial charge on any atom is -0.463 e. The van der Waals surface area contributed by atoms with Crippen molar-refractivity contribution in [1.29, 1.82) is 0 Å². The van der Waals surface area contributed by atoms with Crippen molar-refractivity contribution in [3.8, 4) is 34.5 Å². The first kappa shape index (κ1) is 51.8. The molecule has 7 aromatic rings. The fourth-order valence-corrected chi connectivity index (χ4v) is 18.0. The van der Waals surface area contributed by atoms with Gasteiger partial charge in [-0.25, -0.2) is 0 Å². The van der Waals surface area contributed by atoms with Crippen molar-refractivity contribution in [3.05, 3.63) is 181 Å². The number of hydrogen-bond acceptors (Lipinski definition) is 12. The maximum absolute atomic E-state index is 6.49. The molecule has 0 fully saturated rings. The van der Waals surface area contributed by atoms with Crippen LogP contribution in [0.5, 0.6) is 34.5 Å². The number of methoxy groups -OCH3 is 6. The molecule has 0 unspecified atom stereocenters. The van der Waals surface area contributed by atoms with E-state index in [9.17, 15) is 0 Å². The van der Waals surface area contributed by atoms with Crippen LogP contribution in [0.4, 0.5) is 0 Å². The topological polar surface area (TPSA) is 111 Å². The number of hydrogen-bond donors (Lipinski definition) is 0. The zero-order valence-electron chi connectivity index (χ0n) is 40.6. The van der Waals surface area contributed by atoms with E-state index in [4.69, 9.17) is 56.8 Å². The summed E-state index contributed by atoms with van der Waals surface area (Å²) in [7, 11) is 3.81. The lowest BCUT2D eigenvalue weighted by Gasteiger charge is -2.32. The molecule has 0 aliphatic carbocycles. The van der Waals surface area contributed by atoms with E-state index in [0.717, 1.165) is 43.0 Å². The van der Waals surface area contributed by atoms with Crippen LogP contribution in [0, 0.1) is 0 Å². The van der Waals surface area contributed by atoms with Crippen LogP contribution < -0.4 is 60.2 Å². The van der Waals surface area contributed by atoms with Gasteiger partial charge in [0.2, 0.25) is 0 Å². The van der Waals surface area contributed by atoms with Crippen LogP contribution in [-0.4, -0.2) is 83.4 Å². The molecule has 70 heavy (non-hydrogen) atoms. The van der Waals surface area contributed by atoms with Crippen LogP contribution in [0.25, 0.3) is 0 Å². The lowest BCUT2D eigenvalue weighted by molar-refractivity contribution is 0.0513. The Labute approximate surface area is 412 Å². The van der Waals surface area contributed by atoms with Gasteiger partial charge in [-0.3, -0.25) is 0 Å². The molecule has 7 rings (SSSR count). The van der Waals surface area contributed by atoms with Crippen LogP contribution >= 0.6 is 14.5 Å². The first-order valence-electron chi connectivity index (χ1n) is 22.6. The Morgan fingerprint density at radius 3 is 0.657 bits per heavy atom. The van der Waals surface area contributed by atoms with Crippen molar-refractivity contribution in [2.45, 2.75) is 12.3 Å². The predicted molar refractivity (Wildman–Crippen MR) is 279 cm³/mol. The molecular formula is C56H62O12P2+2. The maximum Gasteiger partial charge on any atom is 0.188 e. The van der Waals surface area contributed by atoms with Gasteiger partial charge in [0.15, 0.2) is 75.3 Å². The highest BCUT2D eigenvalue weighted by Crippen LogP contribution is 2.65. The summed E-state index contributed by atoms with van der Waals surface area (Å²) in [5.41, 5.74) is 2.12. The summed E-state index contributed by atoms with van der Waals surface area (Å²) in [5.74, 6) is 4.05. The van der Waals surface area contributed by atoms with Crippen LogP contribution in [-0.2, 0) is 40.7 Å². The monoisotopic (exact) mass is 988 g/mol. The van der Waals surface area contributed by atoms with Crippen LogP contribution in [0.2, 0.25) is 0 Å². The summed E-state index contributed by atoms with van der Waals surface area (Å²) >= 11 is 0. The van der Waals surface area contributed by atoms with Crippen molar-refractivity contribution < 1.29 is 56.8 Å². The molecule has 0 heterocycles. The molecule has 0 atom stereocenters. The summed E-state index contributed by atoms with van der Waals surface area (Å²) in [6, 6.07) is 57.8. The summed E-state index contributed by atoms with van der Waals surface area (Å²) in [5, 5.41) is 5.83. The molecule has 0 aliphatic heterocycles. The van der Waals surface area contributed by atoms with Gasteiger partial charge in [0.1, 0.15) is 46.4 Å². The standard InChI is InChI=1S/C56H62O12P2/c1-57-37-63-45-22-7-13-28-51(45)69(52-29-14-8-23-46(52)64-38-58-2,53-30-15-9-24-47(53)65-39-59-3)35-43-20-19-21-44(34-43)36-70(54-31-16-10-25-48(54)66-40-60-4,55-32-17-11-26-49(55)67-41-61-5)56-33-18-12-27-50(56)68-42-62-6/h7-34H,35-42H2,1-6H3/q+2. The molecule has 7 aromatic carbocycles. The van der Waals surface area contributed by atoms with Gasteiger partial charge in [-0.05, 0) is 90.0 Å². The molecule has 0 aliphatic rings. The molecule has 0 aromatic heterocycles. The minimum atomic E-state index is -2.95. The summed E-state index contributed by atoms with van der Waals surface area (Å²) < 4.78 is 72.0. The second-order valence-corrected chi connectivity index (χ2v) is 22.6. The van der Waals surface area contributed by atoms with Gasteiger partial charge in [0.05, 0.1) is 12.3 Å². The fraction of sp³-hybridized carbons (Fsp3) is 0.250. The second kappa shape index (κ2) is 26.2. The zero-order chi connectivity index (χ0) is 49.0. The molecule has 14 heteroatoms. The molecular weight excluding hydrogens is 927 g/mol. The average molecular weight is 989 g/mol. The first-order valence-corrected chi connectivity index (χ1v) is 26.6. The van der Waals surface area contributed by atoms with E-state index < -0.39 is 14.5 Å². The van der Waals surface area contributed by atoms with Gasteiger partial charge in [-0.15, -0.1) is 0 Å². The van der Waals surface area contributed by atoms with Gasteiger partial charge in [0, 0.05) is 42.7 Å². The molecule has 12 nitrogen and oxygen atoms in total. The lowest BCUT2D eigenvalue weighted by atomic mass is 10.2. The van der Waals surface area contributed by atoms with Gasteiger partial charge in [0.25, 0.3) is 0 Å². The average Bonchev–Trinajstić information content (AvgIpc) is 3.41. The van der Waals surface area contributed by atoms with Crippen molar-refractivity contribution in [2.75, 3.05) is 83.4 Å².